The molecule has 84 valence electrons. The Balaban J connectivity index is 1.71. The lowest BCUT2D eigenvalue weighted by molar-refractivity contribution is 0.000928. The highest BCUT2D eigenvalue weighted by Gasteiger charge is 2.29. The zero-order chi connectivity index (χ0) is 11.0. The number of aromatic amines is 1. The smallest absolute Gasteiger partial charge is 0.107 e. The zero-order valence-corrected chi connectivity index (χ0v) is 9.44. The van der Waals surface area contributed by atoms with Crippen molar-refractivity contribution in [3.05, 3.63) is 30.1 Å². The van der Waals surface area contributed by atoms with Crippen molar-refractivity contribution >= 4 is 11.0 Å². The highest BCUT2D eigenvalue weighted by molar-refractivity contribution is 5.74. The van der Waals surface area contributed by atoms with Gasteiger partial charge in [0.1, 0.15) is 5.82 Å². The van der Waals surface area contributed by atoms with E-state index in [4.69, 9.17) is 4.74 Å². The Bertz CT molecular complexity index is 452. The third-order valence-electron chi connectivity index (χ3n) is 3.45. The third-order valence-corrected chi connectivity index (χ3v) is 3.45. The number of fused-ring (bicyclic) bond motifs is 1. The average Bonchev–Trinajstić information content (AvgIpc) is 2.65. The topological polar surface area (TPSA) is 37.9 Å². The average molecular weight is 216 g/mol. The van der Waals surface area contributed by atoms with Crippen molar-refractivity contribution < 1.29 is 4.74 Å². The molecule has 1 aromatic carbocycles. The van der Waals surface area contributed by atoms with Gasteiger partial charge in [-0.2, -0.15) is 0 Å². The van der Waals surface area contributed by atoms with E-state index in [9.17, 15) is 0 Å². The predicted molar refractivity (Wildman–Crippen MR) is 63.3 cm³/mol. The number of rotatable bonds is 3. The van der Waals surface area contributed by atoms with E-state index >= 15 is 0 Å². The second kappa shape index (κ2) is 3.91. The summed E-state index contributed by atoms with van der Waals surface area (Å²) in [5, 5.41) is 0. The zero-order valence-electron chi connectivity index (χ0n) is 9.44. The van der Waals surface area contributed by atoms with Crippen LogP contribution in [0.15, 0.2) is 24.3 Å². The molecule has 0 saturated heterocycles. The van der Waals surface area contributed by atoms with Gasteiger partial charge in [-0.25, -0.2) is 4.98 Å². The first kappa shape index (κ1) is 9.85. The number of methoxy groups -OCH3 is 1. The molecular weight excluding hydrogens is 200 g/mol. The van der Waals surface area contributed by atoms with E-state index in [-0.39, 0.29) is 0 Å². The van der Waals surface area contributed by atoms with Crippen LogP contribution in [-0.4, -0.2) is 23.2 Å². The Morgan fingerprint density at radius 3 is 2.94 bits per heavy atom. The largest absolute Gasteiger partial charge is 0.381 e. The molecule has 0 amide bonds. The quantitative estimate of drug-likeness (QED) is 0.856. The number of H-pyrrole nitrogens is 1. The summed E-state index contributed by atoms with van der Waals surface area (Å²) in [6.45, 7) is 0. The maximum absolute atomic E-state index is 5.28. The highest BCUT2D eigenvalue weighted by atomic mass is 16.5. The first-order valence-electron chi connectivity index (χ1n) is 5.81. The summed E-state index contributed by atoms with van der Waals surface area (Å²) in [5.41, 5.74) is 2.21. The van der Waals surface area contributed by atoms with Gasteiger partial charge in [0.25, 0.3) is 0 Å². The van der Waals surface area contributed by atoms with Crippen LogP contribution in [0.1, 0.15) is 18.7 Å². The lowest BCUT2D eigenvalue weighted by atomic mass is 9.80. The van der Waals surface area contributed by atoms with E-state index in [2.05, 4.69) is 16.0 Å². The molecule has 3 rings (SSSR count). The van der Waals surface area contributed by atoms with E-state index in [1.165, 1.54) is 12.8 Å². The van der Waals surface area contributed by atoms with Gasteiger partial charge in [-0.3, -0.25) is 0 Å². The minimum absolute atomic E-state index is 0.481. The number of hydrogen-bond donors (Lipinski definition) is 1. The van der Waals surface area contributed by atoms with Gasteiger partial charge in [0.2, 0.25) is 0 Å². The van der Waals surface area contributed by atoms with Gasteiger partial charge in [-0.1, -0.05) is 12.1 Å². The Kier molecular flexibility index (Phi) is 2.40. The molecule has 0 spiro atoms. The van der Waals surface area contributed by atoms with Crippen LogP contribution in [0.25, 0.3) is 11.0 Å². The number of ether oxygens (including phenoxy) is 1. The van der Waals surface area contributed by atoms with Crippen molar-refractivity contribution in [3.63, 3.8) is 0 Å². The van der Waals surface area contributed by atoms with Crippen molar-refractivity contribution in [2.45, 2.75) is 25.4 Å². The Labute approximate surface area is 94.8 Å². The highest BCUT2D eigenvalue weighted by Crippen LogP contribution is 2.32. The molecule has 0 unspecified atom stereocenters. The molecule has 1 aliphatic carbocycles. The van der Waals surface area contributed by atoms with Crippen LogP contribution in [-0.2, 0) is 11.2 Å². The molecule has 3 heteroatoms. The fourth-order valence-electron chi connectivity index (χ4n) is 2.41. The number of imidazole rings is 1. The minimum Gasteiger partial charge on any atom is -0.381 e. The van der Waals surface area contributed by atoms with Crippen LogP contribution in [0.5, 0.6) is 0 Å². The van der Waals surface area contributed by atoms with Crippen molar-refractivity contribution in [1.82, 2.24) is 9.97 Å². The molecule has 1 aromatic heterocycles. The van der Waals surface area contributed by atoms with Gasteiger partial charge in [0.15, 0.2) is 0 Å². The second-order valence-electron chi connectivity index (χ2n) is 4.60. The van der Waals surface area contributed by atoms with Crippen LogP contribution in [0.4, 0.5) is 0 Å². The van der Waals surface area contributed by atoms with Gasteiger partial charge in [-0.05, 0) is 30.9 Å². The molecule has 16 heavy (non-hydrogen) atoms. The molecule has 0 aliphatic heterocycles. The molecule has 1 fully saturated rings. The van der Waals surface area contributed by atoms with Crippen LogP contribution in [0.2, 0.25) is 0 Å². The molecule has 2 aromatic rings. The van der Waals surface area contributed by atoms with E-state index in [0.717, 1.165) is 29.2 Å². The first-order valence-corrected chi connectivity index (χ1v) is 5.81. The van der Waals surface area contributed by atoms with Crippen LogP contribution >= 0.6 is 0 Å². The fourth-order valence-corrected chi connectivity index (χ4v) is 2.41. The Morgan fingerprint density at radius 1 is 1.38 bits per heavy atom. The van der Waals surface area contributed by atoms with E-state index in [1.807, 2.05) is 18.2 Å². The first-order chi connectivity index (χ1) is 7.85. The second-order valence-corrected chi connectivity index (χ2v) is 4.60. The predicted octanol–water partition coefficient (Wildman–Crippen LogP) is 2.53. The fraction of sp³-hybridized carbons (Fsp3) is 0.462. The molecule has 1 N–H and O–H groups in total. The number of para-hydroxylation sites is 2. The summed E-state index contributed by atoms with van der Waals surface area (Å²) in [6.07, 6.45) is 3.88. The number of aromatic nitrogens is 2. The van der Waals surface area contributed by atoms with Gasteiger partial charge < -0.3 is 9.72 Å². The minimum atomic E-state index is 0.481. The number of nitrogens with one attached hydrogen (secondary N) is 1. The van der Waals surface area contributed by atoms with Crippen LogP contribution in [0, 0.1) is 5.92 Å². The van der Waals surface area contributed by atoms with Crippen molar-refractivity contribution in [3.8, 4) is 0 Å². The number of nitrogens with zero attached hydrogens (tertiary/aromatic N) is 1. The van der Waals surface area contributed by atoms with Crippen molar-refractivity contribution in [1.29, 1.82) is 0 Å². The van der Waals surface area contributed by atoms with Crippen LogP contribution in [0.3, 0.4) is 0 Å². The maximum Gasteiger partial charge on any atom is 0.107 e. The summed E-state index contributed by atoms with van der Waals surface area (Å²) >= 11 is 0. The van der Waals surface area contributed by atoms with Crippen molar-refractivity contribution in [2.75, 3.05) is 7.11 Å². The summed E-state index contributed by atoms with van der Waals surface area (Å²) in [6, 6.07) is 8.18. The molecule has 3 nitrogen and oxygen atoms in total. The number of benzene rings is 1. The molecule has 1 aliphatic rings. The van der Waals surface area contributed by atoms with Gasteiger partial charge in [0.05, 0.1) is 17.1 Å². The van der Waals surface area contributed by atoms with E-state index in [1.54, 1.807) is 7.11 Å². The van der Waals surface area contributed by atoms with Gasteiger partial charge >= 0.3 is 0 Å². The van der Waals surface area contributed by atoms with Crippen LogP contribution < -0.4 is 0 Å². The molecule has 1 saturated carbocycles. The lowest BCUT2D eigenvalue weighted by Gasteiger charge is -2.33. The summed E-state index contributed by atoms with van der Waals surface area (Å²) in [4.78, 5) is 7.96. The lowest BCUT2D eigenvalue weighted by Crippen LogP contribution is -2.31. The van der Waals surface area contributed by atoms with Gasteiger partial charge in [0, 0.05) is 13.5 Å². The molecule has 1 heterocycles. The monoisotopic (exact) mass is 216 g/mol. The maximum atomic E-state index is 5.28. The summed E-state index contributed by atoms with van der Waals surface area (Å²) in [5.74, 6) is 1.85. The Morgan fingerprint density at radius 2 is 2.19 bits per heavy atom. The SMILES string of the molecule is COC1CC(Cc2nc3ccccc3[nH]2)C1. The molecule has 0 bridgehead atoms. The standard InChI is InChI=1S/C13H16N2O/c1-16-10-6-9(7-10)8-13-14-11-4-2-3-5-12(11)15-13/h2-5,9-10H,6-8H2,1H3,(H,14,15). The molecular formula is C13H16N2O. The summed E-state index contributed by atoms with van der Waals surface area (Å²) in [7, 11) is 1.79. The van der Waals surface area contributed by atoms with E-state index < -0.39 is 0 Å². The third kappa shape index (κ3) is 1.71. The van der Waals surface area contributed by atoms with Crippen molar-refractivity contribution in [2.24, 2.45) is 5.92 Å². The number of hydrogen-bond acceptors (Lipinski definition) is 2. The molecule has 0 atom stereocenters. The summed E-state index contributed by atoms with van der Waals surface area (Å²) < 4.78 is 5.28. The van der Waals surface area contributed by atoms with Gasteiger partial charge in [-0.15, -0.1) is 0 Å². The van der Waals surface area contributed by atoms with E-state index in [0.29, 0.717) is 6.10 Å². The Hall–Kier alpha value is -1.35. The normalized spacial score (nSPS) is 24.6. The molecule has 0 radical (unpaired) electrons.